The Labute approximate surface area is 151 Å². The van der Waals surface area contributed by atoms with Gasteiger partial charge in [0.25, 0.3) is 0 Å². The van der Waals surface area contributed by atoms with Gasteiger partial charge in [0.05, 0.1) is 6.61 Å². The minimum Gasteiger partial charge on any atom is -0.507 e. The molecule has 0 aromatic heterocycles. The van der Waals surface area contributed by atoms with Crippen molar-refractivity contribution in [2.75, 3.05) is 6.61 Å². The second-order valence-electron chi connectivity index (χ2n) is 8.66. The van der Waals surface area contributed by atoms with E-state index in [4.69, 9.17) is 4.74 Å². The predicted molar refractivity (Wildman–Crippen MR) is 100 cm³/mol. The van der Waals surface area contributed by atoms with Crippen molar-refractivity contribution in [1.82, 2.24) is 0 Å². The highest BCUT2D eigenvalue weighted by Crippen LogP contribution is 2.40. The van der Waals surface area contributed by atoms with E-state index in [9.17, 15) is 14.7 Å². The van der Waals surface area contributed by atoms with Crippen molar-refractivity contribution in [3.63, 3.8) is 0 Å². The average molecular weight is 348 g/mol. The molecule has 1 N–H and O–H groups in total. The second kappa shape index (κ2) is 7.59. The summed E-state index contributed by atoms with van der Waals surface area (Å²) in [6.07, 6.45) is 0.278. The van der Waals surface area contributed by atoms with Crippen molar-refractivity contribution in [1.29, 1.82) is 0 Å². The molecule has 1 aromatic rings. The van der Waals surface area contributed by atoms with Crippen molar-refractivity contribution in [3.05, 3.63) is 28.8 Å². The number of hydrogen-bond donors (Lipinski definition) is 1. The molecular weight excluding hydrogens is 316 g/mol. The van der Waals surface area contributed by atoms with Gasteiger partial charge in [-0.05, 0) is 47.8 Å². The summed E-state index contributed by atoms with van der Waals surface area (Å²) in [5, 5.41) is 10.8. The predicted octanol–water partition coefficient (Wildman–Crippen LogP) is 4.30. The molecule has 140 valence electrons. The van der Waals surface area contributed by atoms with Crippen LogP contribution in [0.2, 0.25) is 0 Å². The minimum atomic E-state index is -0.815. The highest BCUT2D eigenvalue weighted by Gasteiger charge is 2.29. The van der Waals surface area contributed by atoms with E-state index in [-0.39, 0.29) is 29.6 Å². The summed E-state index contributed by atoms with van der Waals surface area (Å²) in [5.41, 5.74) is 1.99. The summed E-state index contributed by atoms with van der Waals surface area (Å²) < 4.78 is 5.05. The van der Waals surface area contributed by atoms with E-state index >= 15 is 0 Å². The summed E-state index contributed by atoms with van der Waals surface area (Å²) >= 11 is 0. The largest absolute Gasteiger partial charge is 0.507 e. The first kappa shape index (κ1) is 21.2. The Bertz CT molecular complexity index is 610. The number of phenolic OH excluding ortho intramolecular Hbond substituents is 1. The summed E-state index contributed by atoms with van der Waals surface area (Å²) in [4.78, 5) is 24.1. The van der Waals surface area contributed by atoms with Crippen molar-refractivity contribution in [2.24, 2.45) is 5.92 Å². The summed E-state index contributed by atoms with van der Waals surface area (Å²) in [6, 6.07) is 3.81. The van der Waals surface area contributed by atoms with Gasteiger partial charge in [0.2, 0.25) is 0 Å². The second-order valence-corrected chi connectivity index (χ2v) is 8.66. The first-order valence-electron chi connectivity index (χ1n) is 8.83. The Morgan fingerprint density at radius 3 is 1.80 bits per heavy atom. The maximum atomic E-state index is 12.1. The minimum absolute atomic E-state index is 0.207. The molecule has 0 unspecified atom stereocenters. The zero-order chi connectivity index (χ0) is 19.6. The van der Waals surface area contributed by atoms with E-state index in [1.807, 2.05) is 53.7 Å². The highest BCUT2D eigenvalue weighted by molar-refractivity contribution is 5.98. The molecule has 0 fully saturated rings. The Morgan fingerprint density at radius 1 is 1.04 bits per heavy atom. The average Bonchev–Trinajstić information content (AvgIpc) is 2.43. The molecule has 0 aliphatic carbocycles. The van der Waals surface area contributed by atoms with Crippen molar-refractivity contribution in [2.45, 2.75) is 72.6 Å². The number of esters is 1. The zero-order valence-electron chi connectivity index (χ0n) is 16.8. The van der Waals surface area contributed by atoms with Crippen LogP contribution in [0.3, 0.4) is 0 Å². The third-order valence-corrected chi connectivity index (χ3v) is 4.29. The topological polar surface area (TPSA) is 63.6 Å². The van der Waals surface area contributed by atoms with E-state index in [1.54, 1.807) is 6.92 Å². The van der Waals surface area contributed by atoms with Gasteiger partial charge >= 0.3 is 5.97 Å². The Morgan fingerprint density at radius 2 is 1.48 bits per heavy atom. The lowest BCUT2D eigenvalue weighted by molar-refractivity contribution is -0.151. The van der Waals surface area contributed by atoms with Crippen molar-refractivity contribution >= 4 is 11.8 Å². The van der Waals surface area contributed by atoms with E-state index in [0.717, 1.165) is 16.7 Å². The maximum absolute atomic E-state index is 12.1. The lowest BCUT2D eigenvalue weighted by atomic mass is 9.77. The van der Waals surface area contributed by atoms with Crippen LogP contribution in [0.5, 0.6) is 5.75 Å². The number of aromatic hydroxyl groups is 1. The molecule has 0 saturated heterocycles. The number of benzene rings is 1. The smallest absolute Gasteiger partial charge is 0.316 e. The first-order valence-corrected chi connectivity index (χ1v) is 8.83. The SMILES string of the molecule is CCOC(=O)[C@H](Cc1cc(C(C)(C)C)c(O)c(C(C)(C)C)c1)C(C)=O. The number of ether oxygens (including phenoxy) is 1. The quantitative estimate of drug-likeness (QED) is 0.636. The van der Waals surface area contributed by atoms with Gasteiger partial charge in [0.1, 0.15) is 17.5 Å². The third-order valence-electron chi connectivity index (χ3n) is 4.29. The molecule has 0 heterocycles. The maximum Gasteiger partial charge on any atom is 0.316 e. The molecular formula is C21H32O4. The third kappa shape index (κ3) is 5.32. The normalized spacial score (nSPS) is 13.4. The van der Waals surface area contributed by atoms with Crippen LogP contribution < -0.4 is 0 Å². The van der Waals surface area contributed by atoms with Gasteiger partial charge in [-0.2, -0.15) is 0 Å². The fourth-order valence-corrected chi connectivity index (χ4v) is 2.83. The van der Waals surface area contributed by atoms with Crippen LogP contribution in [0.4, 0.5) is 0 Å². The van der Waals surface area contributed by atoms with Gasteiger partial charge in [-0.15, -0.1) is 0 Å². The monoisotopic (exact) mass is 348 g/mol. The number of carbonyl (C=O) groups is 2. The molecule has 1 atom stereocenters. The number of ketones is 1. The number of Topliss-reactive ketones (excluding diaryl/α,β-unsaturated/α-hetero) is 1. The Hall–Kier alpha value is -1.84. The molecule has 0 bridgehead atoms. The highest BCUT2D eigenvalue weighted by atomic mass is 16.5. The van der Waals surface area contributed by atoms with Crippen LogP contribution >= 0.6 is 0 Å². The van der Waals surface area contributed by atoms with Crippen molar-refractivity contribution in [3.8, 4) is 5.75 Å². The molecule has 25 heavy (non-hydrogen) atoms. The molecule has 0 saturated carbocycles. The summed E-state index contributed by atoms with van der Waals surface area (Å²) in [5.74, 6) is -1.22. The molecule has 0 spiro atoms. The van der Waals surface area contributed by atoms with Crippen molar-refractivity contribution < 1.29 is 19.4 Å². The van der Waals surface area contributed by atoms with Gasteiger partial charge in [-0.1, -0.05) is 53.7 Å². The van der Waals surface area contributed by atoms with Crippen LogP contribution in [-0.4, -0.2) is 23.5 Å². The number of phenols is 1. The molecule has 4 heteroatoms. The molecule has 0 aliphatic rings. The lowest BCUT2D eigenvalue weighted by Crippen LogP contribution is -2.27. The Kier molecular flexibility index (Phi) is 6.44. The molecule has 1 rings (SSSR count). The number of rotatable bonds is 5. The fourth-order valence-electron chi connectivity index (χ4n) is 2.83. The van der Waals surface area contributed by atoms with E-state index < -0.39 is 11.9 Å². The summed E-state index contributed by atoms with van der Waals surface area (Å²) in [6.45, 7) is 15.6. The Balaban J connectivity index is 3.44. The lowest BCUT2D eigenvalue weighted by Gasteiger charge is -2.28. The molecule has 1 aromatic carbocycles. The van der Waals surface area contributed by atoms with E-state index in [1.165, 1.54) is 6.92 Å². The van der Waals surface area contributed by atoms with Crippen LogP contribution in [0.25, 0.3) is 0 Å². The zero-order valence-corrected chi connectivity index (χ0v) is 16.8. The van der Waals surface area contributed by atoms with Crippen LogP contribution in [0, 0.1) is 5.92 Å². The molecule has 4 nitrogen and oxygen atoms in total. The first-order chi connectivity index (χ1) is 11.3. The van der Waals surface area contributed by atoms with Crippen LogP contribution in [0.15, 0.2) is 12.1 Å². The van der Waals surface area contributed by atoms with Crippen LogP contribution in [0.1, 0.15) is 72.1 Å². The van der Waals surface area contributed by atoms with Gasteiger partial charge in [0, 0.05) is 0 Å². The number of carbonyl (C=O) groups excluding carboxylic acids is 2. The van der Waals surface area contributed by atoms with Gasteiger partial charge in [0.15, 0.2) is 0 Å². The fraction of sp³-hybridized carbons (Fsp3) is 0.619. The van der Waals surface area contributed by atoms with E-state index in [2.05, 4.69) is 0 Å². The standard InChI is InChI=1S/C21H32O4/c1-9-25-19(24)15(13(2)22)10-14-11-16(20(3,4)5)18(23)17(12-14)21(6,7)8/h11-12,15,23H,9-10H2,1-8H3/t15-/m1/s1. The number of hydrogen-bond acceptors (Lipinski definition) is 4. The van der Waals surface area contributed by atoms with Crippen LogP contribution in [-0.2, 0) is 31.6 Å². The van der Waals surface area contributed by atoms with E-state index in [0.29, 0.717) is 5.75 Å². The van der Waals surface area contributed by atoms with Gasteiger partial charge < -0.3 is 9.84 Å². The molecule has 0 amide bonds. The van der Waals surface area contributed by atoms with Gasteiger partial charge in [-0.3, -0.25) is 9.59 Å². The molecule has 0 aliphatic heterocycles. The molecule has 0 radical (unpaired) electrons. The van der Waals surface area contributed by atoms with Gasteiger partial charge in [-0.25, -0.2) is 0 Å². The summed E-state index contributed by atoms with van der Waals surface area (Å²) in [7, 11) is 0.